The maximum atomic E-state index is 12.7. The van der Waals surface area contributed by atoms with Crippen molar-refractivity contribution in [2.45, 2.75) is 66.8 Å². The molecule has 1 aromatic heterocycles. The molecule has 1 rings (SSSR count). The van der Waals surface area contributed by atoms with Gasteiger partial charge in [-0.1, -0.05) is 41.0 Å². The minimum atomic E-state index is 0.284. The van der Waals surface area contributed by atoms with Crippen molar-refractivity contribution in [3.8, 4) is 0 Å². The van der Waals surface area contributed by atoms with Gasteiger partial charge in [-0.05, 0) is 36.3 Å². The smallest absolute Gasteiger partial charge is 0.223 e. The SMILES string of the molecule is CCCCN(Cc1cccn1C)C(=O)CC(C)CC(C)(C)C. The predicted molar refractivity (Wildman–Crippen MR) is 93.6 cm³/mol. The van der Waals surface area contributed by atoms with Crippen LogP contribution >= 0.6 is 0 Å². The highest BCUT2D eigenvalue weighted by atomic mass is 16.2. The lowest BCUT2D eigenvalue weighted by atomic mass is 9.84. The minimum Gasteiger partial charge on any atom is -0.353 e. The summed E-state index contributed by atoms with van der Waals surface area (Å²) < 4.78 is 2.10. The number of carbonyl (C=O) groups excluding carboxylic acids is 1. The molecule has 0 aliphatic carbocycles. The van der Waals surface area contributed by atoms with E-state index < -0.39 is 0 Å². The first-order chi connectivity index (χ1) is 10.2. The van der Waals surface area contributed by atoms with Crippen molar-refractivity contribution in [1.82, 2.24) is 9.47 Å². The van der Waals surface area contributed by atoms with Crippen LogP contribution in [-0.2, 0) is 18.4 Å². The summed E-state index contributed by atoms with van der Waals surface area (Å²) in [5, 5.41) is 0. The van der Waals surface area contributed by atoms with Gasteiger partial charge >= 0.3 is 0 Å². The third-order valence-electron chi connectivity index (χ3n) is 4.02. The summed E-state index contributed by atoms with van der Waals surface area (Å²) in [6, 6.07) is 4.14. The maximum absolute atomic E-state index is 12.7. The van der Waals surface area contributed by atoms with Gasteiger partial charge in [0.25, 0.3) is 0 Å². The van der Waals surface area contributed by atoms with E-state index in [0.29, 0.717) is 18.2 Å². The zero-order chi connectivity index (χ0) is 16.8. The van der Waals surface area contributed by atoms with Gasteiger partial charge in [-0.2, -0.15) is 0 Å². The van der Waals surface area contributed by atoms with Crippen molar-refractivity contribution in [2.75, 3.05) is 6.54 Å². The van der Waals surface area contributed by atoms with E-state index in [2.05, 4.69) is 45.3 Å². The molecular formula is C19H34N2O. The third-order valence-corrected chi connectivity index (χ3v) is 4.02. The fourth-order valence-corrected chi connectivity index (χ4v) is 3.04. The van der Waals surface area contributed by atoms with Gasteiger partial charge in [-0.3, -0.25) is 4.79 Å². The van der Waals surface area contributed by atoms with E-state index in [4.69, 9.17) is 0 Å². The van der Waals surface area contributed by atoms with Crippen LogP contribution in [0.5, 0.6) is 0 Å². The van der Waals surface area contributed by atoms with Gasteiger partial charge in [-0.15, -0.1) is 0 Å². The molecule has 1 aromatic rings. The van der Waals surface area contributed by atoms with Crippen molar-refractivity contribution in [1.29, 1.82) is 0 Å². The Hall–Kier alpha value is -1.25. The molecular weight excluding hydrogens is 272 g/mol. The highest BCUT2D eigenvalue weighted by Crippen LogP contribution is 2.26. The summed E-state index contributed by atoms with van der Waals surface area (Å²) in [7, 11) is 2.04. The van der Waals surface area contributed by atoms with Gasteiger partial charge in [0.2, 0.25) is 5.91 Å². The zero-order valence-corrected chi connectivity index (χ0v) is 15.4. The first-order valence-electron chi connectivity index (χ1n) is 8.61. The molecule has 0 aliphatic rings. The normalized spacial score (nSPS) is 13.2. The molecule has 0 aromatic carbocycles. The Morgan fingerprint density at radius 1 is 1.36 bits per heavy atom. The Morgan fingerprint density at radius 3 is 2.55 bits per heavy atom. The second-order valence-electron chi connectivity index (χ2n) is 7.85. The number of hydrogen-bond donors (Lipinski definition) is 0. The molecule has 22 heavy (non-hydrogen) atoms. The molecule has 1 heterocycles. The standard InChI is InChI=1S/C19H34N2O/c1-7-8-12-21(15-17-10-9-11-20(17)6)18(22)13-16(2)14-19(3,4)5/h9-11,16H,7-8,12-15H2,1-6H3. The average molecular weight is 306 g/mol. The van der Waals surface area contributed by atoms with Crippen molar-refractivity contribution >= 4 is 5.91 Å². The number of unbranched alkanes of at least 4 members (excludes halogenated alkanes) is 1. The van der Waals surface area contributed by atoms with Crippen molar-refractivity contribution in [2.24, 2.45) is 18.4 Å². The van der Waals surface area contributed by atoms with Crippen molar-refractivity contribution in [3.63, 3.8) is 0 Å². The number of aryl methyl sites for hydroxylation is 1. The molecule has 1 unspecified atom stereocenters. The number of rotatable bonds is 8. The average Bonchev–Trinajstić information content (AvgIpc) is 2.77. The summed E-state index contributed by atoms with van der Waals surface area (Å²) in [5.74, 6) is 0.733. The summed E-state index contributed by atoms with van der Waals surface area (Å²) >= 11 is 0. The molecule has 0 spiro atoms. The van der Waals surface area contributed by atoms with Crippen LogP contribution < -0.4 is 0 Å². The van der Waals surface area contributed by atoms with Crippen molar-refractivity contribution < 1.29 is 4.79 Å². The summed E-state index contributed by atoms with van der Waals surface area (Å²) in [6.45, 7) is 12.7. The number of aromatic nitrogens is 1. The predicted octanol–water partition coefficient (Wildman–Crippen LogP) is 4.62. The number of amides is 1. The van der Waals surface area contributed by atoms with E-state index >= 15 is 0 Å². The van der Waals surface area contributed by atoms with Crippen LogP contribution in [0.2, 0.25) is 0 Å². The van der Waals surface area contributed by atoms with E-state index in [1.165, 1.54) is 5.69 Å². The van der Waals surface area contributed by atoms with Gasteiger partial charge in [0, 0.05) is 31.9 Å². The Kier molecular flexibility index (Phi) is 7.18. The van der Waals surface area contributed by atoms with Crippen LogP contribution in [0.3, 0.4) is 0 Å². The molecule has 3 nitrogen and oxygen atoms in total. The fraction of sp³-hybridized carbons (Fsp3) is 0.737. The Balaban J connectivity index is 2.66. The summed E-state index contributed by atoms with van der Waals surface area (Å²) in [5.41, 5.74) is 1.49. The lowest BCUT2D eigenvalue weighted by Crippen LogP contribution is -2.33. The van der Waals surface area contributed by atoms with Gasteiger partial charge < -0.3 is 9.47 Å². The quantitative estimate of drug-likeness (QED) is 0.688. The van der Waals surface area contributed by atoms with Crippen molar-refractivity contribution in [3.05, 3.63) is 24.0 Å². The molecule has 0 saturated carbocycles. The lowest BCUT2D eigenvalue weighted by Gasteiger charge is -2.27. The molecule has 1 atom stereocenters. The van der Waals surface area contributed by atoms with Crippen LogP contribution in [0, 0.1) is 11.3 Å². The van der Waals surface area contributed by atoms with Gasteiger partial charge in [0.05, 0.1) is 6.54 Å². The second kappa shape index (κ2) is 8.40. The molecule has 126 valence electrons. The molecule has 0 N–H and O–H groups in total. The van der Waals surface area contributed by atoms with E-state index in [-0.39, 0.29) is 5.41 Å². The molecule has 3 heteroatoms. The highest BCUT2D eigenvalue weighted by molar-refractivity contribution is 5.76. The van der Waals surface area contributed by atoms with Gasteiger partial charge in [0.15, 0.2) is 0 Å². The Bertz CT molecular complexity index is 456. The Labute approximate surface area is 136 Å². The van der Waals surface area contributed by atoms with Gasteiger partial charge in [0.1, 0.15) is 0 Å². The van der Waals surface area contributed by atoms with Crippen LogP contribution in [0.4, 0.5) is 0 Å². The summed E-state index contributed by atoms with van der Waals surface area (Å²) in [4.78, 5) is 14.7. The molecule has 1 amide bonds. The molecule has 0 bridgehead atoms. The van der Waals surface area contributed by atoms with Crippen LogP contribution in [0.1, 0.15) is 66.0 Å². The topological polar surface area (TPSA) is 25.2 Å². The molecule has 0 saturated heterocycles. The first kappa shape index (κ1) is 18.8. The molecule has 0 radical (unpaired) electrons. The number of carbonyl (C=O) groups is 1. The molecule has 0 fully saturated rings. The molecule has 0 aliphatic heterocycles. The van der Waals surface area contributed by atoms with Crippen LogP contribution in [0.15, 0.2) is 18.3 Å². The second-order valence-corrected chi connectivity index (χ2v) is 7.85. The van der Waals surface area contributed by atoms with E-state index in [9.17, 15) is 4.79 Å². The van der Waals surface area contributed by atoms with Crippen LogP contribution in [-0.4, -0.2) is 21.9 Å². The Morgan fingerprint density at radius 2 is 2.05 bits per heavy atom. The highest BCUT2D eigenvalue weighted by Gasteiger charge is 2.21. The number of nitrogens with zero attached hydrogens (tertiary/aromatic N) is 2. The lowest BCUT2D eigenvalue weighted by molar-refractivity contribution is -0.133. The van der Waals surface area contributed by atoms with E-state index in [0.717, 1.165) is 32.4 Å². The monoisotopic (exact) mass is 306 g/mol. The summed E-state index contributed by atoms with van der Waals surface area (Å²) in [6.07, 6.45) is 5.98. The minimum absolute atomic E-state index is 0.284. The first-order valence-corrected chi connectivity index (χ1v) is 8.61. The van der Waals surface area contributed by atoms with E-state index in [1.54, 1.807) is 0 Å². The fourth-order valence-electron chi connectivity index (χ4n) is 3.04. The zero-order valence-electron chi connectivity index (χ0n) is 15.4. The third kappa shape index (κ3) is 6.67. The van der Waals surface area contributed by atoms with Gasteiger partial charge in [-0.25, -0.2) is 0 Å². The maximum Gasteiger partial charge on any atom is 0.223 e. The largest absolute Gasteiger partial charge is 0.353 e. The van der Waals surface area contributed by atoms with Crippen LogP contribution in [0.25, 0.3) is 0 Å². The number of hydrogen-bond acceptors (Lipinski definition) is 1. The van der Waals surface area contributed by atoms with E-state index in [1.807, 2.05) is 24.2 Å².